The molecule has 0 unspecified atom stereocenters. The fraction of sp³-hybridized carbons (Fsp3) is 0.0870. The molecule has 7 heteroatoms. The normalized spacial score (nSPS) is 10.6. The zero-order chi connectivity index (χ0) is 20.9. The van der Waals surface area contributed by atoms with Crippen molar-refractivity contribution in [3.63, 3.8) is 0 Å². The third-order valence-electron chi connectivity index (χ3n) is 4.37. The topological polar surface area (TPSA) is 71.1 Å². The molecule has 0 aliphatic carbocycles. The second kappa shape index (κ2) is 9.02. The van der Waals surface area contributed by atoms with Crippen molar-refractivity contribution in [1.29, 1.82) is 0 Å². The zero-order valence-electron chi connectivity index (χ0n) is 16.2. The molecule has 2 amide bonds. The Kier molecular flexibility index (Phi) is 6.02. The van der Waals surface area contributed by atoms with Gasteiger partial charge in [-0.1, -0.05) is 42.5 Å². The molecule has 2 aromatic heterocycles. The minimum atomic E-state index is -0.203. The number of thiophene rings is 1. The second-order valence-corrected chi connectivity index (χ2v) is 8.68. The summed E-state index contributed by atoms with van der Waals surface area (Å²) in [6.07, 6.45) is 0.698. The van der Waals surface area contributed by atoms with Crippen LogP contribution in [0.5, 0.6) is 0 Å². The number of carbonyl (C=O) groups excluding carboxylic acids is 2. The Bertz CT molecular complexity index is 1170. The van der Waals surface area contributed by atoms with Gasteiger partial charge in [-0.05, 0) is 42.1 Å². The Labute approximate surface area is 182 Å². The number of benzene rings is 2. The molecule has 150 valence electrons. The van der Waals surface area contributed by atoms with E-state index in [1.54, 1.807) is 30.3 Å². The second-order valence-electron chi connectivity index (χ2n) is 6.65. The molecule has 2 heterocycles. The summed E-state index contributed by atoms with van der Waals surface area (Å²) in [5, 5.41) is 8.52. The average Bonchev–Trinajstić information content (AvgIpc) is 3.39. The largest absolute Gasteiger partial charge is 0.321 e. The fourth-order valence-corrected chi connectivity index (χ4v) is 4.59. The molecule has 0 saturated heterocycles. The molecule has 0 atom stereocenters. The Morgan fingerprint density at radius 3 is 2.33 bits per heavy atom. The quantitative estimate of drug-likeness (QED) is 0.415. The number of thiazole rings is 1. The molecule has 4 aromatic rings. The lowest BCUT2D eigenvalue weighted by Crippen LogP contribution is -2.13. The Balaban J connectivity index is 1.44. The third kappa shape index (κ3) is 4.82. The van der Waals surface area contributed by atoms with E-state index in [0.717, 1.165) is 10.6 Å². The van der Waals surface area contributed by atoms with Crippen molar-refractivity contribution in [2.75, 3.05) is 10.6 Å². The molecule has 0 aliphatic heterocycles. The number of nitrogens with one attached hydrogen (secondary N) is 2. The first kappa shape index (κ1) is 20.0. The molecule has 0 spiro atoms. The number of hydrogen-bond donors (Lipinski definition) is 2. The SMILES string of the molecule is Cc1nc(Cc2ccccc2)sc1C(=O)Nc1cccc(NC(=O)c2cccs2)c1. The molecule has 2 N–H and O–H groups in total. The van der Waals surface area contributed by atoms with Crippen molar-refractivity contribution in [3.8, 4) is 0 Å². The van der Waals surface area contributed by atoms with Crippen molar-refractivity contribution in [3.05, 3.63) is 98.1 Å². The summed E-state index contributed by atoms with van der Waals surface area (Å²) in [5.74, 6) is -0.372. The van der Waals surface area contributed by atoms with Crippen molar-refractivity contribution < 1.29 is 9.59 Å². The fourth-order valence-electron chi connectivity index (χ4n) is 2.97. The Morgan fingerprint density at radius 2 is 1.63 bits per heavy atom. The van der Waals surface area contributed by atoms with E-state index in [0.29, 0.717) is 33.2 Å². The van der Waals surface area contributed by atoms with Gasteiger partial charge in [-0.25, -0.2) is 4.98 Å². The number of aryl methyl sites for hydroxylation is 1. The molecule has 0 bridgehead atoms. The number of amides is 2. The summed E-state index contributed by atoms with van der Waals surface area (Å²) < 4.78 is 0. The summed E-state index contributed by atoms with van der Waals surface area (Å²) in [6.45, 7) is 1.84. The lowest BCUT2D eigenvalue weighted by molar-refractivity contribution is 0.102. The molecular weight excluding hydrogens is 414 g/mol. The van der Waals surface area contributed by atoms with Crippen LogP contribution in [0.4, 0.5) is 11.4 Å². The highest BCUT2D eigenvalue weighted by Crippen LogP contribution is 2.23. The van der Waals surface area contributed by atoms with E-state index in [-0.39, 0.29) is 11.8 Å². The third-order valence-corrected chi connectivity index (χ3v) is 6.39. The van der Waals surface area contributed by atoms with Gasteiger partial charge in [-0.15, -0.1) is 22.7 Å². The molecule has 30 heavy (non-hydrogen) atoms. The molecule has 0 radical (unpaired) electrons. The smallest absolute Gasteiger partial charge is 0.267 e. The maximum absolute atomic E-state index is 12.8. The van der Waals surface area contributed by atoms with Gasteiger partial charge in [0, 0.05) is 17.8 Å². The summed E-state index contributed by atoms with van der Waals surface area (Å²) in [7, 11) is 0. The van der Waals surface area contributed by atoms with Crippen LogP contribution in [0.1, 0.15) is 35.6 Å². The van der Waals surface area contributed by atoms with E-state index in [2.05, 4.69) is 15.6 Å². The van der Waals surface area contributed by atoms with Crippen LogP contribution in [0.3, 0.4) is 0 Å². The molecule has 2 aromatic carbocycles. The van der Waals surface area contributed by atoms with Gasteiger partial charge >= 0.3 is 0 Å². The van der Waals surface area contributed by atoms with Crippen molar-refractivity contribution >= 4 is 45.9 Å². The number of anilines is 2. The van der Waals surface area contributed by atoms with Gasteiger partial charge in [0.05, 0.1) is 15.6 Å². The van der Waals surface area contributed by atoms with Crippen molar-refractivity contribution in [2.45, 2.75) is 13.3 Å². The Hall–Kier alpha value is -3.29. The van der Waals surface area contributed by atoms with Crippen LogP contribution in [0.15, 0.2) is 72.1 Å². The van der Waals surface area contributed by atoms with Crippen LogP contribution in [0.25, 0.3) is 0 Å². The van der Waals surface area contributed by atoms with Crippen LogP contribution < -0.4 is 10.6 Å². The minimum absolute atomic E-state index is 0.169. The first-order chi connectivity index (χ1) is 14.6. The van der Waals surface area contributed by atoms with Gasteiger partial charge in [-0.2, -0.15) is 0 Å². The summed E-state index contributed by atoms with van der Waals surface area (Å²) in [4.78, 5) is 30.8. The van der Waals surface area contributed by atoms with E-state index in [1.165, 1.54) is 22.7 Å². The highest BCUT2D eigenvalue weighted by molar-refractivity contribution is 7.14. The summed E-state index contributed by atoms with van der Waals surface area (Å²) >= 11 is 2.78. The summed E-state index contributed by atoms with van der Waals surface area (Å²) in [6, 6.07) is 20.8. The number of hydrogen-bond acceptors (Lipinski definition) is 5. The maximum atomic E-state index is 12.8. The van der Waals surface area contributed by atoms with E-state index in [4.69, 9.17) is 0 Å². The predicted molar refractivity (Wildman–Crippen MR) is 123 cm³/mol. The molecule has 5 nitrogen and oxygen atoms in total. The highest BCUT2D eigenvalue weighted by atomic mass is 32.1. The lowest BCUT2D eigenvalue weighted by Gasteiger charge is -2.08. The van der Waals surface area contributed by atoms with E-state index in [9.17, 15) is 9.59 Å². The van der Waals surface area contributed by atoms with Gasteiger partial charge in [0.1, 0.15) is 4.88 Å². The van der Waals surface area contributed by atoms with Crippen LogP contribution in [0.2, 0.25) is 0 Å². The van der Waals surface area contributed by atoms with Crippen molar-refractivity contribution in [1.82, 2.24) is 4.98 Å². The van der Waals surface area contributed by atoms with Gasteiger partial charge in [0.2, 0.25) is 0 Å². The van der Waals surface area contributed by atoms with Crippen LogP contribution in [-0.2, 0) is 6.42 Å². The lowest BCUT2D eigenvalue weighted by atomic mass is 10.2. The van der Waals surface area contributed by atoms with Crippen molar-refractivity contribution in [2.24, 2.45) is 0 Å². The highest BCUT2D eigenvalue weighted by Gasteiger charge is 2.16. The molecule has 0 aliphatic rings. The van der Waals surface area contributed by atoms with E-state index >= 15 is 0 Å². The first-order valence-corrected chi connectivity index (χ1v) is 11.0. The predicted octanol–water partition coefficient (Wildman–Crippen LogP) is 5.61. The first-order valence-electron chi connectivity index (χ1n) is 9.35. The molecule has 4 rings (SSSR count). The van der Waals surface area contributed by atoms with Gasteiger partial charge < -0.3 is 10.6 Å². The van der Waals surface area contributed by atoms with Crippen LogP contribution in [0, 0.1) is 6.92 Å². The zero-order valence-corrected chi connectivity index (χ0v) is 17.8. The van der Waals surface area contributed by atoms with E-state index < -0.39 is 0 Å². The van der Waals surface area contributed by atoms with Gasteiger partial charge in [-0.3, -0.25) is 9.59 Å². The molecular formula is C23H19N3O2S2. The Morgan fingerprint density at radius 1 is 0.900 bits per heavy atom. The van der Waals surface area contributed by atoms with Gasteiger partial charge in [0.25, 0.3) is 11.8 Å². The average molecular weight is 434 g/mol. The van der Waals surface area contributed by atoms with Crippen LogP contribution in [-0.4, -0.2) is 16.8 Å². The van der Waals surface area contributed by atoms with Crippen LogP contribution >= 0.6 is 22.7 Å². The standard InChI is InChI=1S/C23H19N3O2S2/c1-15-21(30-20(24-15)13-16-7-3-2-4-8-16)23(28)26-18-10-5-9-17(14-18)25-22(27)19-11-6-12-29-19/h2-12,14H,13H2,1H3,(H,25,27)(H,26,28). The minimum Gasteiger partial charge on any atom is -0.321 e. The van der Waals surface area contributed by atoms with E-state index in [1.807, 2.05) is 48.7 Å². The number of rotatable bonds is 6. The monoisotopic (exact) mass is 433 g/mol. The molecule has 0 saturated carbocycles. The number of aromatic nitrogens is 1. The number of carbonyl (C=O) groups is 2. The number of nitrogens with zero attached hydrogens (tertiary/aromatic N) is 1. The van der Waals surface area contributed by atoms with Gasteiger partial charge in [0.15, 0.2) is 0 Å². The maximum Gasteiger partial charge on any atom is 0.267 e. The summed E-state index contributed by atoms with van der Waals surface area (Å²) in [5.41, 5.74) is 3.11. The molecule has 0 fully saturated rings.